The second-order valence-corrected chi connectivity index (χ2v) is 5.60. The molecule has 5 nitrogen and oxygen atoms in total. The van der Waals surface area contributed by atoms with Crippen LogP contribution >= 0.6 is 0 Å². The number of hydrogen-bond acceptors (Lipinski definition) is 3. The van der Waals surface area contributed by atoms with Gasteiger partial charge < -0.3 is 15.3 Å². The molecule has 1 heterocycles. The van der Waals surface area contributed by atoms with Crippen LogP contribution in [0.15, 0.2) is 0 Å². The minimum atomic E-state index is -0.800. The van der Waals surface area contributed by atoms with Crippen molar-refractivity contribution in [3.8, 4) is 0 Å². The van der Waals surface area contributed by atoms with Crippen molar-refractivity contribution in [1.82, 2.24) is 10.2 Å². The number of hydrogen-bond donors (Lipinski definition) is 2. The standard InChI is InChI=1S/C14H26N2O3/c1-4-11-6-5-7-16(8-11)14(19)12(9-17)15-13(18)10(2)3/h10-12,17H,4-9H2,1-3H3,(H,15,18). The zero-order valence-electron chi connectivity index (χ0n) is 12.2. The first-order valence-corrected chi connectivity index (χ1v) is 7.19. The third-order valence-corrected chi connectivity index (χ3v) is 3.73. The summed E-state index contributed by atoms with van der Waals surface area (Å²) in [5, 5.41) is 11.9. The normalized spacial score (nSPS) is 21.3. The Labute approximate surface area is 115 Å². The molecular formula is C14H26N2O3. The third-order valence-electron chi connectivity index (χ3n) is 3.73. The quantitative estimate of drug-likeness (QED) is 0.775. The minimum Gasteiger partial charge on any atom is -0.394 e. The lowest BCUT2D eigenvalue weighted by Gasteiger charge is -2.34. The van der Waals surface area contributed by atoms with E-state index in [-0.39, 0.29) is 24.3 Å². The maximum atomic E-state index is 12.3. The Balaban J connectivity index is 2.59. The number of likely N-dealkylation sites (tertiary alicyclic amines) is 1. The number of nitrogens with zero attached hydrogens (tertiary/aromatic N) is 1. The highest BCUT2D eigenvalue weighted by atomic mass is 16.3. The van der Waals surface area contributed by atoms with E-state index in [1.54, 1.807) is 18.7 Å². The second kappa shape index (κ2) is 7.48. The van der Waals surface area contributed by atoms with Crippen LogP contribution in [0.3, 0.4) is 0 Å². The van der Waals surface area contributed by atoms with Crippen molar-refractivity contribution in [3.63, 3.8) is 0 Å². The zero-order valence-corrected chi connectivity index (χ0v) is 12.2. The van der Waals surface area contributed by atoms with Gasteiger partial charge in [0, 0.05) is 19.0 Å². The highest BCUT2D eigenvalue weighted by Gasteiger charge is 2.29. The van der Waals surface area contributed by atoms with Gasteiger partial charge in [0.15, 0.2) is 0 Å². The largest absolute Gasteiger partial charge is 0.394 e. The van der Waals surface area contributed by atoms with E-state index in [0.717, 1.165) is 32.4 Å². The van der Waals surface area contributed by atoms with Gasteiger partial charge in [0.2, 0.25) is 11.8 Å². The van der Waals surface area contributed by atoms with Crippen LogP contribution in [0.5, 0.6) is 0 Å². The van der Waals surface area contributed by atoms with Gasteiger partial charge in [0.05, 0.1) is 6.61 Å². The van der Waals surface area contributed by atoms with E-state index in [1.165, 1.54) is 0 Å². The van der Waals surface area contributed by atoms with Gasteiger partial charge in [-0.1, -0.05) is 27.2 Å². The van der Waals surface area contributed by atoms with Crippen LogP contribution in [-0.4, -0.2) is 47.6 Å². The van der Waals surface area contributed by atoms with E-state index < -0.39 is 6.04 Å². The Morgan fingerprint density at radius 3 is 2.63 bits per heavy atom. The summed E-state index contributed by atoms with van der Waals surface area (Å²) in [5.74, 6) is -0.00413. The fraction of sp³-hybridized carbons (Fsp3) is 0.857. The second-order valence-electron chi connectivity index (χ2n) is 5.60. The van der Waals surface area contributed by atoms with Crippen LogP contribution in [0.4, 0.5) is 0 Å². The Morgan fingerprint density at radius 1 is 1.42 bits per heavy atom. The molecule has 5 heteroatoms. The van der Waals surface area contributed by atoms with E-state index in [2.05, 4.69) is 12.2 Å². The molecule has 0 aromatic rings. The SMILES string of the molecule is CCC1CCCN(C(=O)C(CO)NC(=O)C(C)C)C1. The van der Waals surface area contributed by atoms with Crippen LogP contribution in [0.2, 0.25) is 0 Å². The molecule has 0 radical (unpaired) electrons. The summed E-state index contributed by atoms with van der Waals surface area (Å²) in [6, 6.07) is -0.800. The third kappa shape index (κ3) is 4.49. The maximum Gasteiger partial charge on any atom is 0.247 e. The smallest absolute Gasteiger partial charge is 0.247 e. The molecule has 0 bridgehead atoms. The molecule has 0 saturated carbocycles. The van der Waals surface area contributed by atoms with Crippen LogP contribution < -0.4 is 5.32 Å². The summed E-state index contributed by atoms with van der Waals surface area (Å²) in [6.07, 6.45) is 3.22. The van der Waals surface area contributed by atoms with Gasteiger partial charge in [-0.25, -0.2) is 0 Å². The van der Waals surface area contributed by atoms with Gasteiger partial charge in [-0.3, -0.25) is 9.59 Å². The van der Waals surface area contributed by atoms with Crippen molar-refractivity contribution in [2.75, 3.05) is 19.7 Å². The van der Waals surface area contributed by atoms with Gasteiger partial charge in [0.25, 0.3) is 0 Å². The Bertz CT molecular complexity index is 318. The monoisotopic (exact) mass is 270 g/mol. The minimum absolute atomic E-state index is 0.158. The first-order chi connectivity index (χ1) is 8.99. The van der Waals surface area contributed by atoms with Crippen molar-refractivity contribution < 1.29 is 14.7 Å². The van der Waals surface area contributed by atoms with Gasteiger partial charge in [0.1, 0.15) is 6.04 Å². The van der Waals surface area contributed by atoms with Crippen LogP contribution in [0.1, 0.15) is 40.0 Å². The van der Waals surface area contributed by atoms with Crippen molar-refractivity contribution >= 4 is 11.8 Å². The number of aliphatic hydroxyl groups is 1. The topological polar surface area (TPSA) is 69.6 Å². The highest BCUT2D eigenvalue weighted by molar-refractivity contribution is 5.88. The van der Waals surface area contributed by atoms with Gasteiger partial charge in [-0.15, -0.1) is 0 Å². The average Bonchev–Trinajstić information content (AvgIpc) is 2.43. The van der Waals surface area contributed by atoms with Gasteiger partial charge in [-0.05, 0) is 18.8 Å². The molecule has 2 unspecified atom stereocenters. The average molecular weight is 270 g/mol. The van der Waals surface area contributed by atoms with Gasteiger partial charge in [-0.2, -0.15) is 0 Å². The highest BCUT2D eigenvalue weighted by Crippen LogP contribution is 2.19. The summed E-state index contributed by atoms with van der Waals surface area (Å²) < 4.78 is 0. The van der Waals surface area contributed by atoms with E-state index in [0.29, 0.717) is 5.92 Å². The number of rotatable bonds is 5. The molecule has 2 atom stereocenters. The molecule has 0 aromatic carbocycles. The molecule has 0 spiro atoms. The molecule has 19 heavy (non-hydrogen) atoms. The number of piperidine rings is 1. The first kappa shape index (κ1) is 16.0. The van der Waals surface area contributed by atoms with E-state index in [9.17, 15) is 14.7 Å². The number of carbonyl (C=O) groups excluding carboxylic acids is 2. The lowest BCUT2D eigenvalue weighted by molar-refractivity contribution is -0.139. The molecule has 1 fully saturated rings. The zero-order chi connectivity index (χ0) is 14.4. The molecule has 1 rings (SSSR count). The lowest BCUT2D eigenvalue weighted by atomic mass is 9.95. The Kier molecular flexibility index (Phi) is 6.28. The molecule has 2 amide bonds. The molecule has 2 N–H and O–H groups in total. The molecule has 0 aromatic heterocycles. The molecule has 1 aliphatic heterocycles. The molecule has 110 valence electrons. The summed E-state index contributed by atoms with van der Waals surface area (Å²) >= 11 is 0. The molecule has 1 saturated heterocycles. The maximum absolute atomic E-state index is 12.3. The molecule has 1 aliphatic rings. The van der Waals surface area contributed by atoms with E-state index in [1.807, 2.05) is 0 Å². The fourth-order valence-corrected chi connectivity index (χ4v) is 2.34. The first-order valence-electron chi connectivity index (χ1n) is 7.19. The van der Waals surface area contributed by atoms with Crippen molar-refractivity contribution in [3.05, 3.63) is 0 Å². The van der Waals surface area contributed by atoms with Gasteiger partial charge >= 0.3 is 0 Å². The summed E-state index contributed by atoms with van der Waals surface area (Å²) in [6.45, 7) is 6.78. The summed E-state index contributed by atoms with van der Waals surface area (Å²) in [7, 11) is 0. The lowest BCUT2D eigenvalue weighted by Crippen LogP contribution is -2.53. The van der Waals surface area contributed by atoms with E-state index >= 15 is 0 Å². The van der Waals surface area contributed by atoms with E-state index in [4.69, 9.17) is 0 Å². The Morgan fingerprint density at radius 2 is 2.11 bits per heavy atom. The van der Waals surface area contributed by atoms with Crippen molar-refractivity contribution in [1.29, 1.82) is 0 Å². The summed E-state index contributed by atoms with van der Waals surface area (Å²) in [4.78, 5) is 25.7. The predicted molar refractivity (Wildman–Crippen MR) is 73.4 cm³/mol. The number of carbonyl (C=O) groups is 2. The number of aliphatic hydroxyl groups excluding tert-OH is 1. The predicted octanol–water partition coefficient (Wildman–Crippen LogP) is 0.768. The van der Waals surface area contributed by atoms with Crippen molar-refractivity contribution in [2.24, 2.45) is 11.8 Å². The fourth-order valence-electron chi connectivity index (χ4n) is 2.34. The Hall–Kier alpha value is -1.10. The van der Waals surface area contributed by atoms with Crippen LogP contribution in [-0.2, 0) is 9.59 Å². The molecule has 0 aliphatic carbocycles. The van der Waals surface area contributed by atoms with Crippen molar-refractivity contribution in [2.45, 2.75) is 46.1 Å². The number of amides is 2. The van der Waals surface area contributed by atoms with Crippen LogP contribution in [0.25, 0.3) is 0 Å². The molecular weight excluding hydrogens is 244 g/mol. The summed E-state index contributed by atoms with van der Waals surface area (Å²) in [5.41, 5.74) is 0. The number of nitrogens with one attached hydrogen (secondary N) is 1. The van der Waals surface area contributed by atoms with Crippen LogP contribution in [0, 0.1) is 11.8 Å².